The van der Waals surface area contributed by atoms with Gasteiger partial charge in [-0.1, -0.05) is 30.3 Å². The lowest BCUT2D eigenvalue weighted by atomic mass is 10.1. The van der Waals surface area contributed by atoms with Crippen molar-refractivity contribution in [3.63, 3.8) is 0 Å². The van der Waals surface area contributed by atoms with Gasteiger partial charge >= 0.3 is 0 Å². The summed E-state index contributed by atoms with van der Waals surface area (Å²) >= 11 is 0. The van der Waals surface area contributed by atoms with Crippen molar-refractivity contribution >= 4 is 22.6 Å². The van der Waals surface area contributed by atoms with E-state index in [1.165, 1.54) is 23.9 Å². The normalized spacial score (nSPS) is 10.3. The molecule has 0 aliphatic heterocycles. The molecule has 2 amide bonds. The first-order valence-corrected chi connectivity index (χ1v) is 7.90. The zero-order valence-electron chi connectivity index (χ0n) is 14.1. The van der Waals surface area contributed by atoms with Crippen LogP contribution in [0.3, 0.4) is 0 Å². The van der Waals surface area contributed by atoms with Crippen LogP contribution in [0.5, 0.6) is 5.75 Å². The summed E-state index contributed by atoms with van der Waals surface area (Å²) in [5, 5.41) is 1.81. The van der Waals surface area contributed by atoms with Gasteiger partial charge in [-0.15, -0.1) is 0 Å². The summed E-state index contributed by atoms with van der Waals surface area (Å²) in [6, 6.07) is 15.6. The minimum atomic E-state index is -0.522. The first-order valence-electron chi connectivity index (χ1n) is 7.90. The fourth-order valence-electron chi connectivity index (χ4n) is 2.55. The molecule has 7 nitrogen and oxygen atoms in total. The predicted molar refractivity (Wildman–Crippen MR) is 96.8 cm³/mol. The average molecular weight is 351 g/mol. The number of fused-ring (bicyclic) bond motifs is 1. The molecule has 7 heteroatoms. The molecule has 26 heavy (non-hydrogen) atoms. The molecule has 1 heterocycles. The minimum Gasteiger partial charge on any atom is -0.496 e. The Morgan fingerprint density at radius 3 is 2.38 bits per heavy atom. The predicted octanol–water partition coefficient (Wildman–Crippen LogP) is 1.47. The van der Waals surface area contributed by atoms with Crippen molar-refractivity contribution in [3.8, 4) is 5.75 Å². The van der Waals surface area contributed by atoms with Crippen LogP contribution >= 0.6 is 0 Å². The number of nitrogens with zero attached hydrogens (tertiary/aromatic N) is 1. The summed E-state index contributed by atoms with van der Waals surface area (Å²) in [6.07, 6.45) is 1.50. The van der Waals surface area contributed by atoms with Crippen LogP contribution in [0.4, 0.5) is 0 Å². The van der Waals surface area contributed by atoms with E-state index in [1.807, 2.05) is 24.3 Å². The average Bonchev–Trinajstić information content (AvgIpc) is 2.66. The number of nitrogens with one attached hydrogen (secondary N) is 2. The highest BCUT2D eigenvalue weighted by atomic mass is 16.5. The molecule has 0 saturated carbocycles. The first kappa shape index (κ1) is 17.2. The third-order valence-electron chi connectivity index (χ3n) is 3.84. The standard InChI is InChI=1S/C19H17N3O4/c1-26-16-11-14-7-3-2-6-13(14)10-15(16)19(25)21-20-17(23)12-22-9-5-4-8-18(22)24/h2-11H,12H2,1H3,(H,20,23)(H,21,25). The Hall–Kier alpha value is -3.61. The number of amides is 2. The Kier molecular flexibility index (Phi) is 4.98. The van der Waals surface area contributed by atoms with E-state index >= 15 is 0 Å². The molecule has 0 radical (unpaired) electrons. The van der Waals surface area contributed by atoms with Gasteiger partial charge in [0.2, 0.25) is 0 Å². The molecule has 0 aliphatic carbocycles. The largest absolute Gasteiger partial charge is 0.496 e. The summed E-state index contributed by atoms with van der Waals surface area (Å²) < 4.78 is 6.51. The van der Waals surface area contributed by atoms with Crippen LogP contribution in [-0.2, 0) is 11.3 Å². The number of pyridine rings is 1. The van der Waals surface area contributed by atoms with Crippen molar-refractivity contribution < 1.29 is 14.3 Å². The molecule has 2 N–H and O–H groups in total. The Morgan fingerprint density at radius 1 is 1.00 bits per heavy atom. The summed E-state index contributed by atoms with van der Waals surface area (Å²) in [6.45, 7) is -0.200. The highest BCUT2D eigenvalue weighted by Crippen LogP contribution is 2.25. The summed E-state index contributed by atoms with van der Waals surface area (Å²) in [5.41, 5.74) is 4.64. The van der Waals surface area contributed by atoms with Crippen LogP contribution in [0, 0.1) is 0 Å². The Morgan fingerprint density at radius 2 is 1.69 bits per heavy atom. The number of aromatic nitrogens is 1. The number of carbonyl (C=O) groups is 2. The van der Waals surface area contributed by atoms with Gasteiger partial charge in [-0.2, -0.15) is 0 Å². The topological polar surface area (TPSA) is 89.4 Å². The molecule has 0 atom stereocenters. The van der Waals surface area contributed by atoms with E-state index < -0.39 is 11.8 Å². The molecule has 2 aromatic carbocycles. The minimum absolute atomic E-state index is 0.200. The molecule has 0 unspecified atom stereocenters. The second kappa shape index (κ2) is 7.52. The molecular formula is C19H17N3O4. The number of methoxy groups -OCH3 is 1. The lowest BCUT2D eigenvalue weighted by molar-refractivity contribution is -0.122. The highest BCUT2D eigenvalue weighted by Gasteiger charge is 2.14. The fourth-order valence-corrected chi connectivity index (χ4v) is 2.55. The molecule has 0 saturated heterocycles. The fraction of sp³-hybridized carbons (Fsp3) is 0.105. The van der Waals surface area contributed by atoms with Gasteiger partial charge in [-0.05, 0) is 29.0 Å². The van der Waals surface area contributed by atoms with Crippen molar-refractivity contribution in [2.75, 3.05) is 7.11 Å². The summed E-state index contributed by atoms with van der Waals surface area (Å²) in [5.74, 6) is -0.637. The molecule has 132 valence electrons. The van der Waals surface area contributed by atoms with Gasteiger partial charge in [0, 0.05) is 12.3 Å². The second-order valence-corrected chi connectivity index (χ2v) is 5.57. The monoisotopic (exact) mass is 351 g/mol. The number of hydrogen-bond donors (Lipinski definition) is 2. The second-order valence-electron chi connectivity index (χ2n) is 5.57. The Bertz CT molecular complexity index is 1030. The van der Waals surface area contributed by atoms with Crippen LogP contribution in [0.1, 0.15) is 10.4 Å². The third kappa shape index (κ3) is 3.72. The Labute approximate surface area is 149 Å². The lowest BCUT2D eigenvalue weighted by Gasteiger charge is -2.12. The van der Waals surface area contributed by atoms with Crippen molar-refractivity contribution in [1.29, 1.82) is 0 Å². The van der Waals surface area contributed by atoms with E-state index in [1.54, 1.807) is 24.3 Å². The molecule has 1 aromatic heterocycles. The van der Waals surface area contributed by atoms with Crippen molar-refractivity contribution in [3.05, 3.63) is 76.7 Å². The third-order valence-corrected chi connectivity index (χ3v) is 3.84. The van der Waals surface area contributed by atoms with E-state index in [0.29, 0.717) is 11.3 Å². The van der Waals surface area contributed by atoms with Crippen molar-refractivity contribution in [2.45, 2.75) is 6.54 Å². The maximum Gasteiger partial charge on any atom is 0.273 e. The van der Waals surface area contributed by atoms with Gasteiger partial charge in [0.1, 0.15) is 12.3 Å². The van der Waals surface area contributed by atoms with Gasteiger partial charge in [0.15, 0.2) is 0 Å². The van der Waals surface area contributed by atoms with E-state index in [-0.39, 0.29) is 12.1 Å². The van der Waals surface area contributed by atoms with Crippen LogP contribution in [0.25, 0.3) is 10.8 Å². The van der Waals surface area contributed by atoms with Crippen molar-refractivity contribution in [1.82, 2.24) is 15.4 Å². The smallest absolute Gasteiger partial charge is 0.273 e. The number of ether oxygens (including phenoxy) is 1. The number of rotatable bonds is 4. The van der Waals surface area contributed by atoms with Crippen LogP contribution in [-0.4, -0.2) is 23.5 Å². The number of carbonyl (C=O) groups excluding carboxylic acids is 2. The number of benzene rings is 2. The van der Waals surface area contributed by atoms with E-state index in [0.717, 1.165) is 10.8 Å². The molecule has 0 aliphatic rings. The zero-order valence-corrected chi connectivity index (χ0v) is 14.1. The lowest BCUT2D eigenvalue weighted by Crippen LogP contribution is -2.44. The van der Waals surface area contributed by atoms with E-state index in [4.69, 9.17) is 4.74 Å². The van der Waals surface area contributed by atoms with Gasteiger partial charge < -0.3 is 9.30 Å². The van der Waals surface area contributed by atoms with Crippen LogP contribution < -0.4 is 21.1 Å². The maximum atomic E-state index is 12.4. The molecule has 0 spiro atoms. The molecule has 0 bridgehead atoms. The first-order chi connectivity index (χ1) is 12.6. The highest BCUT2D eigenvalue weighted by molar-refractivity contribution is 6.02. The summed E-state index contributed by atoms with van der Waals surface area (Å²) in [4.78, 5) is 36.0. The molecule has 0 fully saturated rings. The van der Waals surface area contributed by atoms with Gasteiger partial charge in [-0.3, -0.25) is 25.2 Å². The van der Waals surface area contributed by atoms with Crippen LogP contribution in [0.15, 0.2) is 65.6 Å². The molecular weight excluding hydrogens is 334 g/mol. The number of hydrazine groups is 1. The maximum absolute atomic E-state index is 12.4. The molecule has 3 aromatic rings. The molecule has 3 rings (SSSR count). The Balaban J connectivity index is 1.72. The summed E-state index contributed by atoms with van der Waals surface area (Å²) in [7, 11) is 1.47. The van der Waals surface area contributed by atoms with Crippen molar-refractivity contribution in [2.24, 2.45) is 0 Å². The SMILES string of the molecule is COc1cc2ccccc2cc1C(=O)NNC(=O)Cn1ccccc1=O. The van der Waals surface area contributed by atoms with Gasteiger partial charge in [0.25, 0.3) is 17.4 Å². The van der Waals surface area contributed by atoms with E-state index in [9.17, 15) is 14.4 Å². The quantitative estimate of drug-likeness (QED) is 0.697. The van der Waals surface area contributed by atoms with E-state index in [2.05, 4.69) is 10.9 Å². The number of hydrogen-bond acceptors (Lipinski definition) is 4. The zero-order chi connectivity index (χ0) is 18.5. The van der Waals surface area contributed by atoms with Crippen LogP contribution in [0.2, 0.25) is 0 Å². The van der Waals surface area contributed by atoms with Gasteiger partial charge in [0.05, 0.1) is 12.7 Å². The van der Waals surface area contributed by atoms with Gasteiger partial charge in [-0.25, -0.2) is 0 Å².